The minimum absolute atomic E-state index is 0.173. The lowest BCUT2D eigenvalue weighted by Gasteiger charge is -2.18. The summed E-state index contributed by atoms with van der Waals surface area (Å²) in [4.78, 5) is 19.0. The predicted molar refractivity (Wildman–Crippen MR) is 109 cm³/mol. The highest BCUT2D eigenvalue weighted by atomic mass is 32.2. The molecule has 0 fully saturated rings. The highest BCUT2D eigenvalue weighted by Gasteiger charge is 2.27. The normalized spacial score (nSPS) is 18.4. The number of aromatic nitrogens is 1. The summed E-state index contributed by atoms with van der Waals surface area (Å²) in [6, 6.07) is 3.83. The SMILES string of the molecule is Nc1c(C(=O)NC2NC=CS2)sc2nc3c(c(-c4ccco4)c12)CCCC3. The van der Waals surface area contributed by atoms with Gasteiger partial charge < -0.3 is 20.8 Å². The summed E-state index contributed by atoms with van der Waals surface area (Å²) >= 11 is 2.86. The Hall–Kier alpha value is -2.45. The van der Waals surface area contributed by atoms with E-state index in [1.54, 1.807) is 6.26 Å². The molecule has 0 radical (unpaired) electrons. The van der Waals surface area contributed by atoms with E-state index in [1.807, 2.05) is 23.7 Å². The molecule has 0 saturated heterocycles. The van der Waals surface area contributed by atoms with E-state index in [-0.39, 0.29) is 11.4 Å². The molecule has 8 heteroatoms. The lowest BCUT2D eigenvalue weighted by molar-refractivity contribution is 0.0952. The van der Waals surface area contributed by atoms with Crippen molar-refractivity contribution in [3.63, 3.8) is 0 Å². The molecule has 27 heavy (non-hydrogen) atoms. The number of nitrogens with zero attached hydrogens (tertiary/aromatic N) is 1. The van der Waals surface area contributed by atoms with Crippen LogP contribution in [0.5, 0.6) is 0 Å². The number of thioether (sulfide) groups is 1. The zero-order valence-electron chi connectivity index (χ0n) is 14.5. The van der Waals surface area contributed by atoms with E-state index in [1.165, 1.54) is 28.7 Å². The van der Waals surface area contributed by atoms with Crippen LogP contribution in [-0.2, 0) is 12.8 Å². The Bertz CT molecular complexity index is 1050. The van der Waals surface area contributed by atoms with Gasteiger partial charge in [-0.05, 0) is 48.8 Å². The first kappa shape index (κ1) is 16.7. The molecule has 138 valence electrons. The lowest BCUT2D eigenvalue weighted by atomic mass is 9.89. The number of hydrogen-bond donors (Lipinski definition) is 3. The molecule has 4 heterocycles. The molecule has 0 bridgehead atoms. The predicted octanol–water partition coefficient (Wildman–Crippen LogP) is 3.84. The molecule has 1 aliphatic heterocycles. The molecule has 1 aliphatic carbocycles. The second-order valence-corrected chi connectivity index (χ2v) is 8.60. The third kappa shape index (κ3) is 2.80. The standard InChI is InChI=1S/C19H18N4O2S2/c20-15-14-13(12-6-3-8-25-12)10-4-1-2-5-11(10)22-18(14)27-16(15)17(24)23-19-21-7-9-26-19/h3,6-9,19,21H,1-2,4-5,20H2,(H,23,24). The highest BCUT2D eigenvalue weighted by Crippen LogP contribution is 2.43. The van der Waals surface area contributed by atoms with Crippen molar-refractivity contribution in [3.05, 3.63) is 46.1 Å². The third-order valence-corrected chi connectivity index (χ3v) is 6.84. The number of hydrogen-bond acceptors (Lipinski definition) is 7. The Morgan fingerprint density at radius 2 is 2.26 bits per heavy atom. The number of thiophene rings is 1. The van der Waals surface area contributed by atoms with Gasteiger partial charge in [0.25, 0.3) is 5.91 Å². The van der Waals surface area contributed by atoms with Crippen LogP contribution in [0, 0.1) is 0 Å². The van der Waals surface area contributed by atoms with Crippen LogP contribution in [0.15, 0.2) is 34.4 Å². The van der Waals surface area contributed by atoms with E-state index in [9.17, 15) is 4.79 Å². The van der Waals surface area contributed by atoms with Crippen molar-refractivity contribution in [1.29, 1.82) is 0 Å². The first-order valence-electron chi connectivity index (χ1n) is 8.87. The van der Waals surface area contributed by atoms with Crippen molar-refractivity contribution < 1.29 is 9.21 Å². The quantitative estimate of drug-likeness (QED) is 0.621. The number of amides is 1. The topological polar surface area (TPSA) is 93.2 Å². The van der Waals surface area contributed by atoms with Crippen molar-refractivity contribution in [2.75, 3.05) is 5.73 Å². The number of carbonyl (C=O) groups is 1. The van der Waals surface area contributed by atoms with Crippen LogP contribution in [-0.4, -0.2) is 16.4 Å². The molecular formula is C19H18N4O2S2. The number of nitrogens with one attached hydrogen (secondary N) is 2. The molecule has 0 saturated carbocycles. The third-order valence-electron chi connectivity index (χ3n) is 4.92. The van der Waals surface area contributed by atoms with Gasteiger partial charge in [0.2, 0.25) is 0 Å². The van der Waals surface area contributed by atoms with E-state index >= 15 is 0 Å². The van der Waals surface area contributed by atoms with E-state index in [0.717, 1.165) is 52.9 Å². The molecule has 1 amide bonds. The smallest absolute Gasteiger partial charge is 0.265 e. The molecule has 3 aromatic rings. The summed E-state index contributed by atoms with van der Waals surface area (Å²) < 4.78 is 5.73. The molecule has 1 atom stereocenters. The average Bonchev–Trinajstić information content (AvgIpc) is 3.42. The van der Waals surface area contributed by atoms with Crippen LogP contribution in [0.2, 0.25) is 0 Å². The van der Waals surface area contributed by atoms with Crippen LogP contribution < -0.4 is 16.4 Å². The first-order chi connectivity index (χ1) is 13.2. The van der Waals surface area contributed by atoms with Gasteiger partial charge in [0.1, 0.15) is 15.5 Å². The van der Waals surface area contributed by atoms with Crippen molar-refractivity contribution in [2.24, 2.45) is 0 Å². The summed E-state index contributed by atoms with van der Waals surface area (Å²) in [7, 11) is 0. The van der Waals surface area contributed by atoms with Crippen molar-refractivity contribution in [3.8, 4) is 11.3 Å². The summed E-state index contributed by atoms with van der Waals surface area (Å²) in [5, 5.41) is 8.77. The monoisotopic (exact) mass is 398 g/mol. The Kier molecular flexibility index (Phi) is 4.09. The Morgan fingerprint density at radius 3 is 3.04 bits per heavy atom. The molecule has 2 aliphatic rings. The fourth-order valence-corrected chi connectivity index (χ4v) is 5.39. The van der Waals surface area contributed by atoms with Gasteiger partial charge in [-0.3, -0.25) is 4.79 Å². The van der Waals surface area contributed by atoms with Gasteiger partial charge in [-0.2, -0.15) is 0 Å². The largest absolute Gasteiger partial charge is 0.464 e. The van der Waals surface area contributed by atoms with E-state index in [0.29, 0.717) is 10.6 Å². The highest BCUT2D eigenvalue weighted by molar-refractivity contribution is 8.02. The van der Waals surface area contributed by atoms with Crippen LogP contribution in [0.3, 0.4) is 0 Å². The summed E-state index contributed by atoms with van der Waals surface area (Å²) in [6.07, 6.45) is 7.65. The number of nitrogen functional groups attached to an aromatic ring is 1. The number of fused-ring (bicyclic) bond motifs is 2. The first-order valence-corrected chi connectivity index (χ1v) is 10.6. The van der Waals surface area contributed by atoms with Gasteiger partial charge in [0, 0.05) is 22.8 Å². The maximum Gasteiger partial charge on any atom is 0.265 e. The molecule has 0 aromatic carbocycles. The van der Waals surface area contributed by atoms with Crippen LogP contribution >= 0.6 is 23.1 Å². The summed E-state index contributed by atoms with van der Waals surface area (Å²) in [5.41, 5.74) is 10.1. The zero-order chi connectivity index (χ0) is 18.4. The van der Waals surface area contributed by atoms with Crippen LogP contribution in [0.25, 0.3) is 21.5 Å². The zero-order valence-corrected chi connectivity index (χ0v) is 16.1. The number of pyridine rings is 1. The van der Waals surface area contributed by atoms with Gasteiger partial charge in [-0.25, -0.2) is 4.98 Å². The Balaban J connectivity index is 1.66. The van der Waals surface area contributed by atoms with Gasteiger partial charge in [-0.15, -0.1) is 11.3 Å². The fraction of sp³-hybridized carbons (Fsp3) is 0.263. The number of anilines is 1. The van der Waals surface area contributed by atoms with Gasteiger partial charge in [-0.1, -0.05) is 11.8 Å². The van der Waals surface area contributed by atoms with Crippen LogP contribution in [0.4, 0.5) is 5.69 Å². The number of aryl methyl sites for hydroxylation is 1. The second kappa shape index (κ2) is 6.61. The molecule has 1 unspecified atom stereocenters. The maximum absolute atomic E-state index is 12.8. The minimum Gasteiger partial charge on any atom is -0.464 e. The molecule has 6 nitrogen and oxygen atoms in total. The van der Waals surface area contributed by atoms with Crippen LogP contribution in [0.1, 0.15) is 33.8 Å². The average molecular weight is 399 g/mol. The number of nitrogens with two attached hydrogens (primary N) is 1. The van der Waals surface area contributed by atoms with E-state index in [4.69, 9.17) is 15.1 Å². The van der Waals surface area contributed by atoms with Crippen molar-refractivity contribution in [2.45, 2.75) is 31.2 Å². The molecule has 0 spiro atoms. The van der Waals surface area contributed by atoms with E-state index < -0.39 is 0 Å². The second-order valence-electron chi connectivity index (χ2n) is 6.58. The van der Waals surface area contributed by atoms with Gasteiger partial charge >= 0.3 is 0 Å². The maximum atomic E-state index is 12.8. The van der Waals surface area contributed by atoms with Crippen molar-refractivity contribution in [1.82, 2.24) is 15.6 Å². The Labute approximate surface area is 164 Å². The van der Waals surface area contributed by atoms with E-state index in [2.05, 4.69) is 10.6 Å². The summed E-state index contributed by atoms with van der Waals surface area (Å²) in [6.45, 7) is 0. The Morgan fingerprint density at radius 1 is 1.37 bits per heavy atom. The fourth-order valence-electron chi connectivity index (χ4n) is 3.71. The number of rotatable bonds is 3. The molecule has 4 N–H and O–H groups in total. The minimum atomic E-state index is -0.187. The van der Waals surface area contributed by atoms with Gasteiger partial charge in [0.05, 0.1) is 12.0 Å². The number of carbonyl (C=O) groups excluding carboxylic acids is 1. The molecule has 5 rings (SSSR count). The van der Waals surface area contributed by atoms with Crippen molar-refractivity contribution >= 4 is 44.9 Å². The lowest BCUT2D eigenvalue weighted by Crippen LogP contribution is -2.38. The van der Waals surface area contributed by atoms with Gasteiger partial charge in [0.15, 0.2) is 5.50 Å². The molecular weight excluding hydrogens is 380 g/mol. The molecule has 3 aromatic heterocycles. The number of furan rings is 1. The summed E-state index contributed by atoms with van der Waals surface area (Å²) in [5.74, 6) is 0.599.